The predicted octanol–water partition coefficient (Wildman–Crippen LogP) is 5.00. The molecule has 1 aliphatic rings. The van der Waals surface area contributed by atoms with Crippen molar-refractivity contribution in [2.45, 2.75) is 47.5 Å². The number of pyridine rings is 1. The van der Waals surface area contributed by atoms with Crippen LogP contribution >= 0.6 is 0 Å². The topological polar surface area (TPSA) is 35.1 Å². The van der Waals surface area contributed by atoms with E-state index in [0.717, 1.165) is 12.1 Å². The van der Waals surface area contributed by atoms with Crippen LogP contribution in [0.5, 0.6) is 0 Å². The van der Waals surface area contributed by atoms with Gasteiger partial charge in [-0.1, -0.05) is 33.3 Å². The minimum absolute atomic E-state index is 0.667. The van der Waals surface area contributed by atoms with Crippen LogP contribution in [0.3, 0.4) is 0 Å². The zero-order valence-corrected chi connectivity index (χ0v) is 15.4. The first-order valence-corrected chi connectivity index (χ1v) is 8.75. The van der Waals surface area contributed by atoms with Gasteiger partial charge in [0.15, 0.2) is 0 Å². The molecule has 3 aromatic rings. The zero-order valence-electron chi connectivity index (χ0n) is 15.4. The van der Waals surface area contributed by atoms with Crippen LogP contribution in [0, 0.1) is 12.8 Å². The third-order valence-electron chi connectivity index (χ3n) is 3.99. The summed E-state index contributed by atoms with van der Waals surface area (Å²) in [6.07, 6.45) is 14.1. The molecule has 0 unspecified atom stereocenters. The average molecular weight is 324 g/mol. The summed E-state index contributed by atoms with van der Waals surface area (Å²) in [5, 5.41) is 0. The van der Waals surface area contributed by atoms with Crippen LogP contribution in [0.15, 0.2) is 48.7 Å². The van der Waals surface area contributed by atoms with E-state index in [1.165, 1.54) is 23.4 Å². The fourth-order valence-electron chi connectivity index (χ4n) is 2.60. The molecular weight excluding hydrogens is 296 g/mol. The van der Waals surface area contributed by atoms with Gasteiger partial charge in [0.1, 0.15) is 11.5 Å². The minimum Gasteiger partial charge on any atom is -0.311 e. The molecule has 128 valence electrons. The lowest BCUT2D eigenvalue weighted by Gasteiger charge is -2.17. The molecule has 0 aliphatic carbocycles. The van der Waals surface area contributed by atoms with Crippen molar-refractivity contribution in [2.75, 3.05) is 0 Å². The Balaban J connectivity index is 0.000000160. The van der Waals surface area contributed by atoms with Gasteiger partial charge in [0.2, 0.25) is 0 Å². The molecule has 0 fully saturated rings. The Morgan fingerprint density at radius 3 is 2.50 bits per heavy atom. The first-order chi connectivity index (χ1) is 11.6. The number of rotatable bonds is 1. The molecule has 0 aromatic carbocycles. The Labute approximate surface area is 144 Å². The molecular formula is C20H28N4. The summed E-state index contributed by atoms with van der Waals surface area (Å²) in [7, 11) is 0. The van der Waals surface area contributed by atoms with E-state index in [4.69, 9.17) is 0 Å². The molecule has 4 heteroatoms. The summed E-state index contributed by atoms with van der Waals surface area (Å²) in [5.74, 6) is 1.86. The maximum Gasteiger partial charge on any atom is 0.136 e. The summed E-state index contributed by atoms with van der Waals surface area (Å²) in [6, 6.07) is 4.12. The van der Waals surface area contributed by atoms with Gasteiger partial charge in [0.05, 0.1) is 0 Å². The Hall–Kier alpha value is -2.36. The molecule has 4 heterocycles. The molecule has 0 radical (unpaired) electrons. The SMILES string of the molecule is CC.CC(C)C1=Cn2ccnc2CC1.Cc1ccn2ccnc2c1. The molecule has 0 saturated heterocycles. The van der Waals surface area contributed by atoms with E-state index >= 15 is 0 Å². The first-order valence-electron chi connectivity index (χ1n) is 8.75. The van der Waals surface area contributed by atoms with E-state index in [9.17, 15) is 0 Å². The van der Waals surface area contributed by atoms with E-state index in [1.54, 1.807) is 6.20 Å². The molecule has 1 aliphatic heterocycles. The number of allylic oxidation sites excluding steroid dienone is 1. The van der Waals surface area contributed by atoms with Crippen LogP contribution in [-0.4, -0.2) is 18.9 Å². The third-order valence-corrected chi connectivity index (χ3v) is 3.99. The number of nitrogens with zero attached hydrogens (tertiary/aromatic N) is 4. The molecule has 0 spiro atoms. The second kappa shape index (κ2) is 8.48. The highest BCUT2D eigenvalue weighted by Gasteiger charge is 2.12. The van der Waals surface area contributed by atoms with Crippen molar-refractivity contribution in [2.24, 2.45) is 5.92 Å². The summed E-state index contributed by atoms with van der Waals surface area (Å²) < 4.78 is 4.13. The van der Waals surface area contributed by atoms with E-state index < -0.39 is 0 Å². The molecule has 0 saturated carbocycles. The number of imidazole rings is 2. The molecule has 0 amide bonds. The molecule has 24 heavy (non-hydrogen) atoms. The summed E-state index contributed by atoms with van der Waals surface area (Å²) in [6.45, 7) is 10.6. The zero-order chi connectivity index (χ0) is 17.5. The number of aromatic nitrogens is 4. The Morgan fingerprint density at radius 1 is 1.00 bits per heavy atom. The highest BCUT2D eigenvalue weighted by atomic mass is 15.0. The van der Waals surface area contributed by atoms with E-state index in [0.29, 0.717) is 5.92 Å². The highest BCUT2D eigenvalue weighted by Crippen LogP contribution is 2.22. The molecule has 3 aromatic heterocycles. The van der Waals surface area contributed by atoms with Crippen LogP contribution in [0.1, 0.15) is 45.5 Å². The summed E-state index contributed by atoms with van der Waals surface area (Å²) >= 11 is 0. The third kappa shape index (κ3) is 4.34. The standard InChI is InChI=1S/C10H14N2.C8H8N2.C2H6/c1-8(2)9-3-4-10-11-5-6-12(10)7-9;1-7-2-4-10-5-3-9-8(10)6-7;1-2/h5-8H,3-4H2,1-2H3;2-6H,1H3;1-2H3. The molecule has 4 rings (SSSR count). The van der Waals surface area contributed by atoms with Gasteiger partial charge < -0.3 is 8.97 Å². The quantitative estimate of drug-likeness (QED) is 0.631. The normalized spacial score (nSPS) is 12.7. The van der Waals surface area contributed by atoms with Gasteiger partial charge in [-0.3, -0.25) is 0 Å². The molecule has 0 N–H and O–H groups in total. The van der Waals surface area contributed by atoms with Crippen molar-refractivity contribution in [1.29, 1.82) is 0 Å². The van der Waals surface area contributed by atoms with E-state index in [-0.39, 0.29) is 0 Å². The number of hydrogen-bond donors (Lipinski definition) is 0. The van der Waals surface area contributed by atoms with Gasteiger partial charge in [-0.25, -0.2) is 9.97 Å². The van der Waals surface area contributed by atoms with Crippen molar-refractivity contribution >= 4 is 11.8 Å². The van der Waals surface area contributed by atoms with Gasteiger partial charge in [0.25, 0.3) is 0 Å². The predicted molar refractivity (Wildman–Crippen MR) is 101 cm³/mol. The second-order valence-electron chi connectivity index (χ2n) is 6.01. The number of aryl methyl sites for hydroxylation is 2. The van der Waals surface area contributed by atoms with Gasteiger partial charge in [-0.15, -0.1) is 0 Å². The van der Waals surface area contributed by atoms with Crippen molar-refractivity contribution in [3.05, 3.63) is 60.1 Å². The molecule has 0 atom stereocenters. The Morgan fingerprint density at radius 2 is 1.75 bits per heavy atom. The first kappa shape index (κ1) is 18.0. The van der Waals surface area contributed by atoms with Crippen LogP contribution < -0.4 is 0 Å². The van der Waals surface area contributed by atoms with Crippen LogP contribution in [-0.2, 0) is 6.42 Å². The Kier molecular flexibility index (Phi) is 6.36. The van der Waals surface area contributed by atoms with E-state index in [2.05, 4.69) is 53.6 Å². The maximum absolute atomic E-state index is 4.27. The second-order valence-corrected chi connectivity index (χ2v) is 6.01. The largest absolute Gasteiger partial charge is 0.311 e. The van der Waals surface area contributed by atoms with Crippen LogP contribution in [0.2, 0.25) is 0 Å². The lowest BCUT2D eigenvalue weighted by atomic mass is 9.97. The Bertz CT molecular complexity index is 793. The van der Waals surface area contributed by atoms with Gasteiger partial charge in [-0.2, -0.15) is 0 Å². The van der Waals surface area contributed by atoms with Crippen LogP contribution in [0.4, 0.5) is 0 Å². The fourth-order valence-corrected chi connectivity index (χ4v) is 2.60. The van der Waals surface area contributed by atoms with Crippen LogP contribution in [0.25, 0.3) is 11.8 Å². The fraction of sp³-hybridized carbons (Fsp3) is 0.400. The highest BCUT2D eigenvalue weighted by molar-refractivity contribution is 5.40. The lowest BCUT2D eigenvalue weighted by molar-refractivity contribution is 0.676. The summed E-state index contributed by atoms with van der Waals surface area (Å²) in [5.41, 5.74) is 3.79. The lowest BCUT2D eigenvalue weighted by Crippen LogP contribution is -2.08. The smallest absolute Gasteiger partial charge is 0.136 e. The molecule has 4 nitrogen and oxygen atoms in total. The monoisotopic (exact) mass is 324 g/mol. The van der Waals surface area contributed by atoms with E-state index in [1.807, 2.05) is 43.0 Å². The number of hydrogen-bond acceptors (Lipinski definition) is 2. The van der Waals surface area contributed by atoms with Crippen molar-refractivity contribution in [3.63, 3.8) is 0 Å². The minimum atomic E-state index is 0.667. The van der Waals surface area contributed by atoms with Gasteiger partial charge >= 0.3 is 0 Å². The van der Waals surface area contributed by atoms with Crippen molar-refractivity contribution in [3.8, 4) is 0 Å². The van der Waals surface area contributed by atoms with Crippen molar-refractivity contribution in [1.82, 2.24) is 18.9 Å². The van der Waals surface area contributed by atoms with Gasteiger partial charge in [-0.05, 0) is 37.0 Å². The maximum atomic E-state index is 4.27. The van der Waals surface area contributed by atoms with Gasteiger partial charge in [0, 0.05) is 43.6 Å². The molecule has 0 bridgehead atoms. The summed E-state index contributed by atoms with van der Waals surface area (Å²) in [4.78, 5) is 8.41. The van der Waals surface area contributed by atoms with Crippen molar-refractivity contribution < 1.29 is 0 Å². The average Bonchev–Trinajstić information content (AvgIpc) is 3.24. The number of fused-ring (bicyclic) bond motifs is 2.